The molecule has 0 aromatic heterocycles. The number of amides is 1. The summed E-state index contributed by atoms with van der Waals surface area (Å²) in [6.07, 6.45) is 0. The van der Waals surface area contributed by atoms with Crippen LogP contribution < -0.4 is 5.32 Å². The summed E-state index contributed by atoms with van der Waals surface area (Å²) in [5, 5.41) is 3.73. The van der Waals surface area contributed by atoms with Gasteiger partial charge in [-0.25, -0.2) is 0 Å². The lowest BCUT2D eigenvalue weighted by Crippen LogP contribution is -2.31. The van der Waals surface area contributed by atoms with E-state index in [0.717, 1.165) is 10.5 Å². The minimum atomic E-state index is -0.443. The highest BCUT2D eigenvalue weighted by atomic mass is 35.5. The van der Waals surface area contributed by atoms with E-state index in [1.165, 1.54) is 11.8 Å². The van der Waals surface area contributed by atoms with Crippen LogP contribution in [0.25, 0.3) is 0 Å². The Balaban J connectivity index is 1.75. The van der Waals surface area contributed by atoms with Gasteiger partial charge in [0.15, 0.2) is 6.61 Å². The van der Waals surface area contributed by atoms with E-state index in [9.17, 15) is 9.59 Å². The van der Waals surface area contributed by atoms with Crippen LogP contribution in [0.2, 0.25) is 10.0 Å². The molecule has 0 aliphatic carbocycles. The average molecular weight is 398 g/mol. The summed E-state index contributed by atoms with van der Waals surface area (Å²) in [6.45, 7) is 1.46. The van der Waals surface area contributed by atoms with Gasteiger partial charge in [-0.3, -0.25) is 9.59 Å². The highest BCUT2D eigenvalue weighted by Gasteiger charge is 2.14. The number of rotatable bonds is 7. The van der Waals surface area contributed by atoms with Crippen molar-refractivity contribution in [3.63, 3.8) is 0 Å². The van der Waals surface area contributed by atoms with Gasteiger partial charge < -0.3 is 10.1 Å². The van der Waals surface area contributed by atoms with Crippen LogP contribution in [0.5, 0.6) is 0 Å². The molecule has 132 valence electrons. The Morgan fingerprint density at radius 1 is 1.16 bits per heavy atom. The molecular weight excluding hydrogens is 381 g/mol. The Bertz CT molecular complexity index is 740. The third-order valence-electron chi connectivity index (χ3n) is 3.27. The second-order valence-electron chi connectivity index (χ2n) is 5.22. The number of ether oxygens (including phenoxy) is 1. The lowest BCUT2D eigenvalue weighted by Gasteiger charge is -2.16. The van der Waals surface area contributed by atoms with Crippen molar-refractivity contribution < 1.29 is 14.3 Å². The maximum absolute atomic E-state index is 11.9. The Kier molecular flexibility index (Phi) is 7.62. The van der Waals surface area contributed by atoms with Crippen LogP contribution in [0.1, 0.15) is 18.5 Å². The monoisotopic (exact) mass is 397 g/mol. The molecule has 1 amide bonds. The Morgan fingerprint density at radius 2 is 1.88 bits per heavy atom. The maximum Gasteiger partial charge on any atom is 0.316 e. The van der Waals surface area contributed by atoms with Gasteiger partial charge in [-0.1, -0.05) is 47.5 Å². The molecule has 2 aromatic carbocycles. The van der Waals surface area contributed by atoms with E-state index in [0.29, 0.717) is 10.0 Å². The van der Waals surface area contributed by atoms with Gasteiger partial charge in [0.1, 0.15) is 0 Å². The molecule has 0 bridgehead atoms. The van der Waals surface area contributed by atoms with E-state index in [4.69, 9.17) is 27.9 Å². The summed E-state index contributed by atoms with van der Waals surface area (Å²) >= 11 is 13.3. The van der Waals surface area contributed by atoms with Crippen molar-refractivity contribution in [2.75, 3.05) is 12.4 Å². The molecule has 0 saturated carbocycles. The Morgan fingerprint density at radius 3 is 2.56 bits per heavy atom. The molecule has 0 aliphatic heterocycles. The molecule has 2 rings (SSSR count). The van der Waals surface area contributed by atoms with Crippen molar-refractivity contribution >= 4 is 46.8 Å². The summed E-state index contributed by atoms with van der Waals surface area (Å²) in [6, 6.07) is 14.2. The largest absolute Gasteiger partial charge is 0.455 e. The van der Waals surface area contributed by atoms with Crippen molar-refractivity contribution in [3.05, 3.63) is 64.1 Å². The van der Waals surface area contributed by atoms with Gasteiger partial charge in [-0.05, 0) is 36.8 Å². The van der Waals surface area contributed by atoms with Crippen LogP contribution in [0, 0.1) is 0 Å². The normalized spacial score (nSPS) is 11.6. The maximum atomic E-state index is 11.9. The predicted octanol–water partition coefficient (Wildman–Crippen LogP) is 4.51. The fourth-order valence-electron chi connectivity index (χ4n) is 2.06. The molecule has 25 heavy (non-hydrogen) atoms. The van der Waals surface area contributed by atoms with Gasteiger partial charge in [0.2, 0.25) is 0 Å². The molecule has 0 spiro atoms. The highest BCUT2D eigenvalue weighted by molar-refractivity contribution is 8.00. The second-order valence-corrected chi connectivity index (χ2v) is 7.11. The van der Waals surface area contributed by atoms with Gasteiger partial charge in [0.05, 0.1) is 11.8 Å². The Labute approximate surface area is 160 Å². The fourth-order valence-corrected chi connectivity index (χ4v) is 3.35. The van der Waals surface area contributed by atoms with Crippen LogP contribution in [-0.2, 0) is 14.3 Å². The third-order valence-corrected chi connectivity index (χ3v) is 4.82. The molecular formula is C18H17Cl2NO3S. The first-order chi connectivity index (χ1) is 12.0. The molecule has 1 N–H and O–H groups in total. The van der Waals surface area contributed by atoms with Crippen LogP contribution in [0.4, 0.5) is 0 Å². The van der Waals surface area contributed by atoms with Crippen LogP contribution >= 0.6 is 35.0 Å². The van der Waals surface area contributed by atoms with Gasteiger partial charge in [-0.2, -0.15) is 0 Å². The van der Waals surface area contributed by atoms with Crippen molar-refractivity contribution in [3.8, 4) is 0 Å². The van der Waals surface area contributed by atoms with E-state index in [1.54, 1.807) is 25.1 Å². The van der Waals surface area contributed by atoms with Crippen LogP contribution in [0.3, 0.4) is 0 Å². The van der Waals surface area contributed by atoms with Crippen molar-refractivity contribution in [2.45, 2.75) is 17.9 Å². The fraction of sp³-hybridized carbons (Fsp3) is 0.222. The lowest BCUT2D eigenvalue weighted by atomic mass is 10.1. The van der Waals surface area contributed by atoms with E-state index in [1.807, 2.05) is 30.3 Å². The number of hydrogen-bond acceptors (Lipinski definition) is 4. The lowest BCUT2D eigenvalue weighted by molar-refractivity contribution is -0.146. The standard InChI is InChI=1S/C18H17Cl2NO3S/c1-12(15-8-7-13(19)9-16(15)20)21-17(22)10-24-18(23)11-25-14-5-3-2-4-6-14/h2-9,12H,10-11H2,1H3,(H,21,22). The highest BCUT2D eigenvalue weighted by Crippen LogP contribution is 2.26. The Hall–Kier alpha value is -1.69. The number of nitrogens with one attached hydrogen (secondary N) is 1. The zero-order valence-corrected chi connectivity index (χ0v) is 15.8. The quantitative estimate of drug-likeness (QED) is 0.551. The topological polar surface area (TPSA) is 55.4 Å². The van der Waals surface area contributed by atoms with E-state index in [-0.39, 0.29) is 18.4 Å². The number of halogens is 2. The third kappa shape index (κ3) is 6.61. The second kappa shape index (κ2) is 9.70. The molecule has 0 radical (unpaired) electrons. The van der Waals surface area contributed by atoms with E-state index < -0.39 is 11.9 Å². The van der Waals surface area contributed by atoms with Crippen molar-refractivity contribution in [1.29, 1.82) is 0 Å². The number of esters is 1. The number of carbonyl (C=O) groups excluding carboxylic acids is 2. The minimum Gasteiger partial charge on any atom is -0.455 e. The van der Waals surface area contributed by atoms with E-state index >= 15 is 0 Å². The molecule has 0 aliphatic rings. The molecule has 1 unspecified atom stereocenters. The van der Waals surface area contributed by atoms with Gasteiger partial charge in [0.25, 0.3) is 5.91 Å². The van der Waals surface area contributed by atoms with Crippen molar-refractivity contribution in [1.82, 2.24) is 5.32 Å². The summed E-state index contributed by atoms with van der Waals surface area (Å²) < 4.78 is 4.99. The number of benzene rings is 2. The molecule has 0 heterocycles. The molecule has 2 aromatic rings. The van der Waals surface area contributed by atoms with Gasteiger partial charge in [-0.15, -0.1) is 11.8 Å². The first-order valence-corrected chi connectivity index (χ1v) is 9.27. The van der Waals surface area contributed by atoms with E-state index in [2.05, 4.69) is 5.32 Å². The minimum absolute atomic E-state index is 0.149. The number of carbonyl (C=O) groups is 2. The predicted molar refractivity (Wildman–Crippen MR) is 101 cm³/mol. The molecule has 1 atom stereocenters. The van der Waals surface area contributed by atoms with Crippen molar-refractivity contribution in [2.24, 2.45) is 0 Å². The number of hydrogen-bond donors (Lipinski definition) is 1. The molecule has 7 heteroatoms. The number of thioether (sulfide) groups is 1. The van der Waals surface area contributed by atoms with Gasteiger partial charge >= 0.3 is 5.97 Å². The smallest absolute Gasteiger partial charge is 0.316 e. The SMILES string of the molecule is CC(NC(=O)COC(=O)CSc1ccccc1)c1ccc(Cl)cc1Cl. The molecule has 4 nitrogen and oxygen atoms in total. The average Bonchev–Trinajstić information content (AvgIpc) is 2.59. The summed E-state index contributed by atoms with van der Waals surface area (Å²) in [5.74, 6) is -0.687. The van der Waals surface area contributed by atoms with Gasteiger partial charge in [0, 0.05) is 14.9 Å². The molecule has 0 fully saturated rings. The van der Waals surface area contributed by atoms with Crippen LogP contribution in [0.15, 0.2) is 53.4 Å². The molecule has 0 saturated heterocycles. The zero-order chi connectivity index (χ0) is 18.2. The first kappa shape index (κ1) is 19.6. The summed E-state index contributed by atoms with van der Waals surface area (Å²) in [7, 11) is 0. The van der Waals surface area contributed by atoms with Crippen LogP contribution in [-0.4, -0.2) is 24.2 Å². The summed E-state index contributed by atoms with van der Waals surface area (Å²) in [4.78, 5) is 24.6. The first-order valence-electron chi connectivity index (χ1n) is 7.53. The zero-order valence-electron chi connectivity index (χ0n) is 13.5. The summed E-state index contributed by atoms with van der Waals surface area (Å²) in [5.41, 5.74) is 0.741.